The molecule has 0 saturated carbocycles. The zero-order valence-electron chi connectivity index (χ0n) is 12.2. The van der Waals surface area contributed by atoms with Crippen LogP contribution in [0.15, 0.2) is 42.6 Å². The number of pyridine rings is 1. The molecule has 2 rings (SSSR count). The van der Waals surface area contributed by atoms with Crippen molar-refractivity contribution in [2.75, 3.05) is 5.32 Å². The van der Waals surface area contributed by atoms with Gasteiger partial charge >= 0.3 is 0 Å². The number of aromatic nitrogens is 1. The highest BCUT2D eigenvalue weighted by atomic mass is 32.1. The van der Waals surface area contributed by atoms with E-state index < -0.39 is 0 Å². The molecule has 0 amide bonds. The van der Waals surface area contributed by atoms with Gasteiger partial charge in [0.05, 0.1) is 11.8 Å². The van der Waals surface area contributed by atoms with Crippen molar-refractivity contribution in [1.82, 2.24) is 4.98 Å². The van der Waals surface area contributed by atoms with E-state index in [9.17, 15) is 0 Å². The summed E-state index contributed by atoms with van der Waals surface area (Å²) in [5.41, 5.74) is 7.96. The molecule has 0 bridgehead atoms. The molecule has 1 atom stereocenters. The molecule has 3 N–H and O–H groups in total. The van der Waals surface area contributed by atoms with Crippen LogP contribution in [-0.2, 0) is 0 Å². The van der Waals surface area contributed by atoms with Gasteiger partial charge in [0, 0.05) is 18.0 Å². The normalized spacial score (nSPS) is 11.7. The second-order valence-electron chi connectivity index (χ2n) is 4.75. The number of hydrogen-bond acceptors (Lipinski definition) is 4. The lowest BCUT2D eigenvalue weighted by atomic mass is 10.2. The first-order valence-electron chi connectivity index (χ1n) is 6.88. The van der Waals surface area contributed by atoms with Gasteiger partial charge in [-0.25, -0.2) is 0 Å². The topological polar surface area (TPSA) is 60.2 Å². The van der Waals surface area contributed by atoms with E-state index in [-0.39, 0.29) is 11.1 Å². The molecule has 1 heterocycles. The summed E-state index contributed by atoms with van der Waals surface area (Å²) in [7, 11) is 0. The van der Waals surface area contributed by atoms with Gasteiger partial charge in [-0.1, -0.05) is 25.2 Å². The number of nitrogens with one attached hydrogen (secondary N) is 1. The first kappa shape index (κ1) is 15.3. The number of hydrogen-bond donors (Lipinski definition) is 2. The maximum absolute atomic E-state index is 5.81. The lowest BCUT2D eigenvalue weighted by molar-refractivity contribution is 0.217. The molecule has 1 aromatic heterocycles. The lowest BCUT2D eigenvalue weighted by Crippen LogP contribution is -2.14. The number of nitrogens with two attached hydrogens (primary N) is 1. The number of benzene rings is 1. The van der Waals surface area contributed by atoms with E-state index in [0.29, 0.717) is 5.69 Å². The van der Waals surface area contributed by atoms with Gasteiger partial charge in [-0.3, -0.25) is 4.98 Å². The summed E-state index contributed by atoms with van der Waals surface area (Å²) in [6.45, 7) is 4.14. The molecule has 1 unspecified atom stereocenters. The fourth-order valence-corrected chi connectivity index (χ4v) is 1.98. The van der Waals surface area contributed by atoms with Crippen LogP contribution in [0.4, 0.5) is 11.4 Å². The van der Waals surface area contributed by atoms with Crippen molar-refractivity contribution < 1.29 is 4.74 Å². The Kier molecular flexibility index (Phi) is 5.11. The average molecular weight is 301 g/mol. The van der Waals surface area contributed by atoms with Crippen molar-refractivity contribution in [3.8, 4) is 5.75 Å². The molecule has 0 saturated heterocycles. The Labute approximate surface area is 130 Å². The van der Waals surface area contributed by atoms with Gasteiger partial charge < -0.3 is 15.8 Å². The van der Waals surface area contributed by atoms with Crippen molar-refractivity contribution in [2.24, 2.45) is 5.73 Å². The number of rotatable bonds is 6. The van der Waals surface area contributed by atoms with Crippen LogP contribution in [0, 0.1) is 0 Å². The van der Waals surface area contributed by atoms with Crippen molar-refractivity contribution in [3.05, 3.63) is 48.3 Å². The van der Waals surface area contributed by atoms with E-state index >= 15 is 0 Å². The molecule has 21 heavy (non-hydrogen) atoms. The van der Waals surface area contributed by atoms with E-state index in [4.69, 9.17) is 22.7 Å². The molecule has 0 radical (unpaired) electrons. The highest BCUT2D eigenvalue weighted by Gasteiger charge is 2.07. The van der Waals surface area contributed by atoms with Gasteiger partial charge in [0.1, 0.15) is 16.4 Å². The summed E-state index contributed by atoms with van der Waals surface area (Å²) in [6.07, 6.45) is 2.82. The van der Waals surface area contributed by atoms with Crippen LogP contribution in [0.25, 0.3) is 0 Å². The monoisotopic (exact) mass is 301 g/mol. The molecule has 0 spiro atoms. The summed E-state index contributed by atoms with van der Waals surface area (Å²) >= 11 is 5.01. The Morgan fingerprint density at radius 2 is 2.19 bits per heavy atom. The quantitative estimate of drug-likeness (QED) is 0.798. The van der Waals surface area contributed by atoms with Crippen molar-refractivity contribution in [3.63, 3.8) is 0 Å². The zero-order chi connectivity index (χ0) is 15.2. The summed E-state index contributed by atoms with van der Waals surface area (Å²) in [5, 5.41) is 3.28. The Morgan fingerprint density at radius 3 is 2.90 bits per heavy atom. The van der Waals surface area contributed by atoms with E-state index in [1.54, 1.807) is 6.20 Å². The first-order valence-corrected chi connectivity index (χ1v) is 7.29. The molecular weight excluding hydrogens is 282 g/mol. The predicted molar refractivity (Wildman–Crippen MR) is 90.2 cm³/mol. The molecule has 4 nitrogen and oxygen atoms in total. The predicted octanol–water partition coefficient (Wildman–Crippen LogP) is 3.64. The highest BCUT2D eigenvalue weighted by molar-refractivity contribution is 7.80. The molecule has 110 valence electrons. The van der Waals surface area contributed by atoms with Gasteiger partial charge in [-0.2, -0.15) is 0 Å². The van der Waals surface area contributed by atoms with E-state index in [1.807, 2.05) is 43.3 Å². The van der Waals surface area contributed by atoms with Crippen LogP contribution in [0.2, 0.25) is 0 Å². The molecule has 0 aliphatic carbocycles. The molecule has 1 aromatic carbocycles. The van der Waals surface area contributed by atoms with E-state index in [1.165, 1.54) is 0 Å². The maximum atomic E-state index is 5.81. The molecule has 0 fully saturated rings. The summed E-state index contributed by atoms with van der Waals surface area (Å²) in [4.78, 5) is 4.47. The molecule has 0 aliphatic heterocycles. The number of thiocarbonyl (C=S) groups is 1. The van der Waals surface area contributed by atoms with Crippen LogP contribution in [0.3, 0.4) is 0 Å². The smallest absolute Gasteiger partial charge is 0.124 e. The number of ether oxygens (including phenoxy) is 1. The van der Waals surface area contributed by atoms with Gasteiger partial charge in [0.15, 0.2) is 0 Å². The Morgan fingerprint density at radius 1 is 1.38 bits per heavy atom. The van der Waals surface area contributed by atoms with Gasteiger partial charge in [-0.05, 0) is 37.6 Å². The minimum Gasteiger partial charge on any atom is -0.491 e. The zero-order valence-corrected chi connectivity index (χ0v) is 13.0. The number of anilines is 2. The Balaban J connectivity index is 2.20. The maximum Gasteiger partial charge on any atom is 0.124 e. The van der Waals surface area contributed by atoms with Crippen molar-refractivity contribution in [2.45, 2.75) is 26.4 Å². The van der Waals surface area contributed by atoms with Crippen molar-refractivity contribution >= 4 is 28.6 Å². The second-order valence-corrected chi connectivity index (χ2v) is 5.19. The summed E-state index contributed by atoms with van der Waals surface area (Å²) in [5.74, 6) is 0.829. The average Bonchev–Trinajstić information content (AvgIpc) is 2.48. The molecule has 2 aromatic rings. The van der Waals surface area contributed by atoms with Crippen LogP contribution in [0.5, 0.6) is 5.75 Å². The van der Waals surface area contributed by atoms with Crippen LogP contribution < -0.4 is 15.8 Å². The van der Waals surface area contributed by atoms with Crippen molar-refractivity contribution in [1.29, 1.82) is 0 Å². The Hall–Kier alpha value is -2.14. The highest BCUT2D eigenvalue weighted by Crippen LogP contribution is 2.24. The third-order valence-electron chi connectivity index (χ3n) is 3.07. The molecular formula is C16H19N3OS. The third kappa shape index (κ3) is 4.16. The van der Waals surface area contributed by atoms with Crippen LogP contribution in [-0.4, -0.2) is 16.1 Å². The fraction of sp³-hybridized carbons (Fsp3) is 0.250. The largest absolute Gasteiger partial charge is 0.491 e. The minimum atomic E-state index is 0.186. The standard InChI is InChI=1S/C16H19N3OS/c1-3-11(2)20-13-7-4-6-12(10-13)19-14-8-5-9-18-15(14)16(17)21/h4-11,19H,3H2,1-2H3,(H2,17,21). The van der Waals surface area contributed by atoms with E-state index in [0.717, 1.165) is 23.5 Å². The third-order valence-corrected chi connectivity index (χ3v) is 3.26. The van der Waals surface area contributed by atoms with Gasteiger partial charge in [-0.15, -0.1) is 0 Å². The molecule has 5 heteroatoms. The summed E-state index contributed by atoms with van der Waals surface area (Å²) in [6, 6.07) is 11.5. The Bertz CT molecular complexity index is 630. The SMILES string of the molecule is CCC(C)Oc1cccc(Nc2cccnc2C(N)=S)c1. The lowest BCUT2D eigenvalue weighted by Gasteiger charge is -2.14. The minimum absolute atomic E-state index is 0.186. The molecule has 0 aliphatic rings. The van der Waals surface area contributed by atoms with Crippen LogP contribution in [0.1, 0.15) is 26.0 Å². The summed E-state index contributed by atoms with van der Waals surface area (Å²) < 4.78 is 5.81. The fourth-order valence-electron chi connectivity index (χ4n) is 1.82. The second kappa shape index (κ2) is 7.04. The van der Waals surface area contributed by atoms with Gasteiger partial charge in [0.25, 0.3) is 0 Å². The number of nitrogens with zero attached hydrogens (tertiary/aromatic N) is 1. The van der Waals surface area contributed by atoms with Gasteiger partial charge in [0.2, 0.25) is 0 Å². The first-order chi connectivity index (χ1) is 10.1. The van der Waals surface area contributed by atoms with E-state index in [2.05, 4.69) is 17.2 Å². The van der Waals surface area contributed by atoms with Crippen LogP contribution >= 0.6 is 12.2 Å².